The number of amides is 3. The van der Waals surface area contributed by atoms with E-state index < -0.39 is 23.6 Å². The SMILES string of the molecule is Cc1ccc(Cl)cc1NC(=O)CN1C(=O)S/C(=C/c2ccc(-c3ccc(Cl)cc3)o2)C1=O. The minimum atomic E-state index is -0.553. The molecule has 9 heteroatoms. The summed E-state index contributed by atoms with van der Waals surface area (Å²) in [4.78, 5) is 38.5. The predicted octanol–water partition coefficient (Wildman–Crippen LogP) is 6.24. The van der Waals surface area contributed by atoms with Crippen LogP contribution < -0.4 is 5.32 Å². The van der Waals surface area contributed by atoms with Gasteiger partial charge in [-0.3, -0.25) is 19.3 Å². The first-order valence-electron chi connectivity index (χ1n) is 9.47. The quantitative estimate of drug-likeness (QED) is 0.431. The average molecular weight is 487 g/mol. The van der Waals surface area contributed by atoms with Crippen molar-refractivity contribution in [3.63, 3.8) is 0 Å². The lowest BCUT2D eigenvalue weighted by atomic mass is 10.2. The van der Waals surface area contributed by atoms with Crippen molar-refractivity contribution in [2.45, 2.75) is 6.92 Å². The largest absolute Gasteiger partial charge is 0.457 e. The van der Waals surface area contributed by atoms with Gasteiger partial charge >= 0.3 is 0 Å². The number of anilines is 1. The van der Waals surface area contributed by atoms with Gasteiger partial charge in [-0.1, -0.05) is 29.3 Å². The van der Waals surface area contributed by atoms with E-state index in [-0.39, 0.29) is 4.91 Å². The molecule has 1 fully saturated rings. The molecule has 1 saturated heterocycles. The molecule has 3 aromatic rings. The van der Waals surface area contributed by atoms with Gasteiger partial charge in [-0.15, -0.1) is 0 Å². The van der Waals surface area contributed by atoms with Gasteiger partial charge in [0.2, 0.25) is 5.91 Å². The Morgan fingerprint density at radius 2 is 1.78 bits per heavy atom. The fraction of sp³-hybridized carbons (Fsp3) is 0.0870. The topological polar surface area (TPSA) is 79.6 Å². The number of nitrogens with one attached hydrogen (secondary N) is 1. The van der Waals surface area contributed by atoms with Crippen LogP contribution in [-0.4, -0.2) is 28.5 Å². The molecule has 3 amide bonds. The third-order valence-electron chi connectivity index (χ3n) is 4.68. The summed E-state index contributed by atoms with van der Waals surface area (Å²) in [5.41, 5.74) is 2.16. The first kappa shape index (κ1) is 22.2. The number of carbonyl (C=O) groups is 3. The zero-order valence-corrected chi connectivity index (χ0v) is 19.1. The Bertz CT molecular complexity index is 1250. The highest BCUT2D eigenvalue weighted by molar-refractivity contribution is 8.18. The van der Waals surface area contributed by atoms with Crippen LogP contribution in [0.2, 0.25) is 10.0 Å². The Balaban J connectivity index is 1.45. The van der Waals surface area contributed by atoms with Crippen molar-refractivity contribution in [1.82, 2.24) is 4.90 Å². The van der Waals surface area contributed by atoms with E-state index in [1.807, 2.05) is 19.1 Å². The molecule has 1 N–H and O–H groups in total. The third kappa shape index (κ3) is 4.91. The predicted molar refractivity (Wildman–Crippen MR) is 127 cm³/mol. The van der Waals surface area contributed by atoms with Crippen LogP contribution in [-0.2, 0) is 9.59 Å². The van der Waals surface area contributed by atoms with E-state index >= 15 is 0 Å². The zero-order valence-electron chi connectivity index (χ0n) is 16.7. The van der Waals surface area contributed by atoms with Crippen molar-refractivity contribution in [2.24, 2.45) is 0 Å². The van der Waals surface area contributed by atoms with Crippen LogP contribution in [0, 0.1) is 6.92 Å². The summed E-state index contributed by atoms with van der Waals surface area (Å²) in [5.74, 6) is -0.0350. The van der Waals surface area contributed by atoms with Gasteiger partial charge in [-0.05, 0) is 72.8 Å². The summed E-state index contributed by atoms with van der Waals surface area (Å²) < 4.78 is 5.77. The molecule has 4 rings (SSSR count). The number of imide groups is 1. The number of nitrogens with zero attached hydrogens (tertiary/aromatic N) is 1. The maximum Gasteiger partial charge on any atom is 0.294 e. The molecule has 0 saturated carbocycles. The Morgan fingerprint density at radius 3 is 2.53 bits per heavy atom. The van der Waals surface area contributed by atoms with E-state index in [1.54, 1.807) is 42.5 Å². The monoisotopic (exact) mass is 486 g/mol. The van der Waals surface area contributed by atoms with Gasteiger partial charge in [-0.25, -0.2) is 0 Å². The summed E-state index contributed by atoms with van der Waals surface area (Å²) >= 11 is 12.6. The number of hydrogen-bond acceptors (Lipinski definition) is 5. The van der Waals surface area contributed by atoms with E-state index in [4.69, 9.17) is 27.6 Å². The molecule has 2 heterocycles. The molecule has 6 nitrogen and oxygen atoms in total. The average Bonchev–Trinajstić information content (AvgIpc) is 3.32. The molecule has 32 heavy (non-hydrogen) atoms. The van der Waals surface area contributed by atoms with Crippen molar-refractivity contribution in [2.75, 3.05) is 11.9 Å². The van der Waals surface area contributed by atoms with E-state index in [0.29, 0.717) is 27.3 Å². The molecule has 1 aromatic heterocycles. The molecule has 2 aromatic carbocycles. The molecule has 0 spiro atoms. The van der Waals surface area contributed by atoms with E-state index in [9.17, 15) is 14.4 Å². The first-order chi connectivity index (χ1) is 15.3. The summed E-state index contributed by atoms with van der Waals surface area (Å²) in [6, 6.07) is 15.7. The number of benzene rings is 2. The number of rotatable bonds is 5. The molecule has 0 radical (unpaired) electrons. The van der Waals surface area contributed by atoms with Gasteiger partial charge < -0.3 is 9.73 Å². The lowest BCUT2D eigenvalue weighted by Crippen LogP contribution is -2.36. The van der Waals surface area contributed by atoms with E-state index in [1.165, 1.54) is 6.08 Å². The molecular weight excluding hydrogens is 471 g/mol. The van der Waals surface area contributed by atoms with Crippen molar-refractivity contribution in [3.8, 4) is 11.3 Å². The highest BCUT2D eigenvalue weighted by Crippen LogP contribution is 2.33. The zero-order chi connectivity index (χ0) is 22.8. The highest BCUT2D eigenvalue weighted by atomic mass is 35.5. The lowest BCUT2D eigenvalue weighted by molar-refractivity contribution is -0.127. The Morgan fingerprint density at radius 1 is 1.06 bits per heavy atom. The van der Waals surface area contributed by atoms with Crippen molar-refractivity contribution in [1.29, 1.82) is 0 Å². The highest BCUT2D eigenvalue weighted by Gasteiger charge is 2.36. The molecule has 162 valence electrons. The normalized spacial score (nSPS) is 15.0. The molecule has 0 aliphatic carbocycles. The lowest BCUT2D eigenvalue weighted by Gasteiger charge is -2.13. The summed E-state index contributed by atoms with van der Waals surface area (Å²) in [7, 11) is 0. The van der Waals surface area contributed by atoms with Crippen LogP contribution in [0.5, 0.6) is 0 Å². The number of halogens is 2. The van der Waals surface area contributed by atoms with E-state index in [0.717, 1.165) is 27.8 Å². The van der Waals surface area contributed by atoms with Crippen molar-refractivity contribution in [3.05, 3.63) is 80.9 Å². The smallest absolute Gasteiger partial charge is 0.294 e. The minimum absolute atomic E-state index is 0.179. The molecular formula is C23H16Cl2N2O4S. The van der Waals surface area contributed by atoms with Crippen LogP contribution in [0.25, 0.3) is 17.4 Å². The molecule has 1 aliphatic heterocycles. The van der Waals surface area contributed by atoms with Crippen LogP contribution >= 0.6 is 35.0 Å². The molecule has 0 unspecified atom stereocenters. The maximum absolute atomic E-state index is 12.7. The standard InChI is InChI=1S/C23H16Cl2N2O4S/c1-13-2-5-16(25)10-18(13)26-21(28)12-27-22(29)20(32-23(27)30)11-17-8-9-19(31-17)14-3-6-15(24)7-4-14/h2-11H,12H2,1H3,(H,26,28)/b20-11+. The summed E-state index contributed by atoms with van der Waals surface area (Å²) in [5, 5.41) is 3.24. The fourth-order valence-electron chi connectivity index (χ4n) is 3.03. The minimum Gasteiger partial charge on any atom is -0.457 e. The van der Waals surface area contributed by atoms with Crippen molar-refractivity contribution >= 4 is 63.8 Å². The van der Waals surface area contributed by atoms with Crippen molar-refractivity contribution < 1.29 is 18.8 Å². The Labute approximate surface area is 198 Å². The second kappa shape index (κ2) is 9.24. The van der Waals surface area contributed by atoms with Crippen LogP contribution in [0.3, 0.4) is 0 Å². The van der Waals surface area contributed by atoms with Gasteiger partial charge in [0, 0.05) is 27.4 Å². The van der Waals surface area contributed by atoms with Gasteiger partial charge in [0.15, 0.2) is 0 Å². The third-order valence-corrected chi connectivity index (χ3v) is 6.07. The van der Waals surface area contributed by atoms with Gasteiger partial charge in [-0.2, -0.15) is 0 Å². The molecule has 0 bridgehead atoms. The number of aryl methyl sites for hydroxylation is 1. The fourth-order valence-corrected chi connectivity index (χ4v) is 4.14. The molecule has 1 aliphatic rings. The maximum atomic E-state index is 12.7. The second-order valence-corrected chi connectivity index (χ2v) is 8.85. The molecule has 0 atom stereocenters. The summed E-state index contributed by atoms with van der Waals surface area (Å²) in [6.07, 6.45) is 1.49. The van der Waals surface area contributed by atoms with Gasteiger partial charge in [0.25, 0.3) is 11.1 Å². The summed E-state index contributed by atoms with van der Waals surface area (Å²) in [6.45, 7) is 1.42. The van der Waals surface area contributed by atoms with E-state index in [2.05, 4.69) is 5.32 Å². The van der Waals surface area contributed by atoms with Crippen LogP contribution in [0.4, 0.5) is 10.5 Å². The first-order valence-corrected chi connectivity index (χ1v) is 11.0. The number of furan rings is 1. The van der Waals surface area contributed by atoms with Crippen LogP contribution in [0.1, 0.15) is 11.3 Å². The van der Waals surface area contributed by atoms with Gasteiger partial charge in [0.1, 0.15) is 18.1 Å². The Hall–Kier alpha value is -3.00. The Kier molecular flexibility index (Phi) is 6.41. The van der Waals surface area contributed by atoms with Gasteiger partial charge in [0.05, 0.1) is 4.91 Å². The number of carbonyl (C=O) groups excluding carboxylic acids is 3. The number of hydrogen-bond donors (Lipinski definition) is 1. The van der Waals surface area contributed by atoms with Crippen LogP contribution in [0.15, 0.2) is 63.9 Å². The second-order valence-electron chi connectivity index (χ2n) is 6.98. The number of thioether (sulfide) groups is 1.